The zero-order chi connectivity index (χ0) is 12.2. The van der Waals surface area contributed by atoms with Crippen molar-refractivity contribution < 1.29 is 18.0 Å². The molecule has 8 heteroatoms. The second-order valence-corrected chi connectivity index (χ2v) is 3.70. The van der Waals surface area contributed by atoms with E-state index in [0.29, 0.717) is 4.60 Å². The molecule has 0 saturated carbocycles. The molecule has 1 amide bonds. The molecular weight excluding hydrogens is 291 g/mol. The molecule has 0 fully saturated rings. The lowest BCUT2D eigenvalue weighted by Crippen LogP contribution is -2.17. The van der Waals surface area contributed by atoms with Gasteiger partial charge in [0.25, 0.3) is 0 Å². The number of amides is 1. The van der Waals surface area contributed by atoms with E-state index in [-0.39, 0.29) is 5.82 Å². The predicted molar refractivity (Wildman–Crippen MR) is 53.7 cm³/mol. The van der Waals surface area contributed by atoms with Gasteiger partial charge in [-0.1, -0.05) is 0 Å². The molecule has 0 spiro atoms. The summed E-state index contributed by atoms with van der Waals surface area (Å²) in [5.74, 6) is -0.621. The fourth-order valence-electron chi connectivity index (χ4n) is 0.837. The van der Waals surface area contributed by atoms with Crippen molar-refractivity contribution in [1.82, 2.24) is 9.97 Å². The number of alkyl halides is 3. The molecular formula is C8H7BrF3N3O. The average molecular weight is 298 g/mol. The lowest BCUT2D eigenvalue weighted by Gasteiger charge is -2.06. The number of rotatable bonds is 3. The number of hydrogen-bond acceptors (Lipinski definition) is 3. The van der Waals surface area contributed by atoms with Crippen LogP contribution < -0.4 is 5.32 Å². The van der Waals surface area contributed by atoms with Gasteiger partial charge in [-0.3, -0.25) is 4.79 Å². The zero-order valence-electron chi connectivity index (χ0n) is 7.88. The van der Waals surface area contributed by atoms with E-state index in [1.807, 2.05) is 0 Å². The molecule has 1 heterocycles. The van der Waals surface area contributed by atoms with E-state index in [0.717, 1.165) is 0 Å². The van der Waals surface area contributed by atoms with Gasteiger partial charge in [0, 0.05) is 6.42 Å². The van der Waals surface area contributed by atoms with Crippen LogP contribution >= 0.6 is 15.9 Å². The molecule has 1 rings (SSSR count). The Morgan fingerprint density at radius 1 is 1.38 bits per heavy atom. The van der Waals surface area contributed by atoms with Gasteiger partial charge < -0.3 is 5.32 Å². The molecule has 0 saturated heterocycles. The number of nitrogens with one attached hydrogen (secondary N) is 1. The molecule has 0 atom stereocenters. The van der Waals surface area contributed by atoms with Crippen molar-refractivity contribution in [3.63, 3.8) is 0 Å². The lowest BCUT2D eigenvalue weighted by atomic mass is 10.3. The van der Waals surface area contributed by atoms with E-state index >= 15 is 0 Å². The van der Waals surface area contributed by atoms with E-state index in [1.165, 1.54) is 12.4 Å². The number of hydrogen-bond donors (Lipinski definition) is 1. The Hall–Kier alpha value is -1.18. The van der Waals surface area contributed by atoms with Crippen LogP contribution in [0, 0.1) is 0 Å². The third-order valence-electron chi connectivity index (χ3n) is 1.52. The average Bonchev–Trinajstić information content (AvgIpc) is 2.18. The van der Waals surface area contributed by atoms with Crippen LogP contribution in [0.2, 0.25) is 0 Å². The summed E-state index contributed by atoms with van der Waals surface area (Å²) in [5, 5.41) is 2.21. The van der Waals surface area contributed by atoms with Gasteiger partial charge in [-0.2, -0.15) is 13.2 Å². The van der Waals surface area contributed by atoms with Crippen molar-refractivity contribution >= 4 is 27.7 Å². The van der Waals surface area contributed by atoms with E-state index in [2.05, 4.69) is 31.2 Å². The van der Waals surface area contributed by atoms with Crippen LogP contribution in [0.4, 0.5) is 19.0 Å². The summed E-state index contributed by atoms with van der Waals surface area (Å²) in [7, 11) is 0. The molecule has 0 aliphatic heterocycles. The van der Waals surface area contributed by atoms with Crippen LogP contribution in [-0.4, -0.2) is 22.1 Å². The number of carbonyl (C=O) groups excluding carboxylic acids is 1. The van der Waals surface area contributed by atoms with Gasteiger partial charge in [0.1, 0.15) is 4.60 Å². The Kier molecular flexibility index (Phi) is 4.22. The van der Waals surface area contributed by atoms with Crippen LogP contribution in [0.25, 0.3) is 0 Å². The molecule has 0 unspecified atom stereocenters. The van der Waals surface area contributed by atoms with Gasteiger partial charge in [-0.05, 0) is 15.9 Å². The van der Waals surface area contributed by atoms with Crippen molar-refractivity contribution in [3.8, 4) is 0 Å². The smallest absolute Gasteiger partial charge is 0.309 e. The van der Waals surface area contributed by atoms with E-state index in [9.17, 15) is 18.0 Å². The van der Waals surface area contributed by atoms with Gasteiger partial charge in [0.15, 0.2) is 5.82 Å². The van der Waals surface area contributed by atoms with Gasteiger partial charge in [-0.25, -0.2) is 9.97 Å². The minimum Gasteiger partial charge on any atom is -0.309 e. The summed E-state index contributed by atoms with van der Waals surface area (Å²) in [6.45, 7) is 0. The molecule has 16 heavy (non-hydrogen) atoms. The molecule has 0 radical (unpaired) electrons. The maximum atomic E-state index is 11.8. The highest BCUT2D eigenvalue weighted by Gasteiger charge is 2.27. The van der Waals surface area contributed by atoms with Gasteiger partial charge in [0.05, 0.1) is 18.8 Å². The molecule has 1 aromatic rings. The fraction of sp³-hybridized carbons (Fsp3) is 0.375. The summed E-state index contributed by atoms with van der Waals surface area (Å²) in [6.07, 6.45) is -3.53. The summed E-state index contributed by atoms with van der Waals surface area (Å²) in [5.41, 5.74) is 0. The van der Waals surface area contributed by atoms with Gasteiger partial charge in [0.2, 0.25) is 5.91 Å². The SMILES string of the molecule is O=C(CCC(F)(F)F)Nc1cnc(Br)cn1. The second-order valence-electron chi connectivity index (χ2n) is 2.89. The fourth-order valence-corrected chi connectivity index (χ4v) is 1.04. The molecule has 0 aliphatic carbocycles. The van der Waals surface area contributed by atoms with Crippen molar-refractivity contribution in [2.45, 2.75) is 19.0 Å². The molecule has 0 aromatic carbocycles. The molecule has 88 valence electrons. The molecule has 1 N–H and O–H groups in total. The Balaban J connectivity index is 2.43. The minimum atomic E-state index is -4.33. The largest absolute Gasteiger partial charge is 0.389 e. The highest BCUT2D eigenvalue weighted by molar-refractivity contribution is 9.10. The summed E-state index contributed by atoms with van der Waals surface area (Å²) in [4.78, 5) is 18.6. The topological polar surface area (TPSA) is 54.9 Å². The second kappa shape index (κ2) is 5.24. The van der Waals surface area contributed by atoms with E-state index in [4.69, 9.17) is 0 Å². The first-order valence-electron chi connectivity index (χ1n) is 4.21. The van der Waals surface area contributed by atoms with Crippen molar-refractivity contribution in [2.75, 3.05) is 5.32 Å². The molecule has 0 bridgehead atoms. The third-order valence-corrected chi connectivity index (χ3v) is 1.93. The monoisotopic (exact) mass is 297 g/mol. The van der Waals surface area contributed by atoms with E-state index < -0.39 is 24.9 Å². The van der Waals surface area contributed by atoms with Crippen molar-refractivity contribution in [2.24, 2.45) is 0 Å². The highest BCUT2D eigenvalue weighted by atomic mass is 79.9. The first-order chi connectivity index (χ1) is 7.37. The van der Waals surface area contributed by atoms with Gasteiger partial charge in [-0.15, -0.1) is 0 Å². The number of carbonyl (C=O) groups is 1. The standard InChI is InChI=1S/C8H7BrF3N3O/c9-5-3-14-6(4-13-5)15-7(16)1-2-8(10,11)12/h3-4H,1-2H2,(H,14,15,16). The minimum absolute atomic E-state index is 0.121. The number of aromatic nitrogens is 2. The normalized spacial score (nSPS) is 11.2. The van der Waals surface area contributed by atoms with Crippen LogP contribution in [0.3, 0.4) is 0 Å². The number of anilines is 1. The quantitative estimate of drug-likeness (QED) is 0.933. The van der Waals surface area contributed by atoms with Gasteiger partial charge >= 0.3 is 6.18 Å². The first kappa shape index (κ1) is 12.9. The van der Waals surface area contributed by atoms with Crippen LogP contribution in [0.15, 0.2) is 17.0 Å². The van der Waals surface area contributed by atoms with Crippen molar-refractivity contribution in [1.29, 1.82) is 0 Å². The maximum absolute atomic E-state index is 11.8. The predicted octanol–water partition coefficient (Wildman–Crippen LogP) is 2.52. The number of nitrogens with zero attached hydrogens (tertiary/aromatic N) is 2. The Morgan fingerprint density at radius 2 is 2.06 bits per heavy atom. The summed E-state index contributed by atoms with van der Waals surface area (Å²) < 4.78 is 35.9. The summed E-state index contributed by atoms with van der Waals surface area (Å²) in [6, 6.07) is 0. The van der Waals surface area contributed by atoms with Crippen LogP contribution in [-0.2, 0) is 4.79 Å². The Morgan fingerprint density at radius 3 is 2.56 bits per heavy atom. The Bertz CT molecular complexity index is 366. The first-order valence-corrected chi connectivity index (χ1v) is 5.00. The zero-order valence-corrected chi connectivity index (χ0v) is 9.47. The number of halogens is 4. The molecule has 4 nitrogen and oxygen atoms in total. The lowest BCUT2D eigenvalue weighted by molar-refractivity contribution is -0.142. The summed E-state index contributed by atoms with van der Waals surface area (Å²) >= 11 is 3.03. The van der Waals surface area contributed by atoms with Crippen molar-refractivity contribution in [3.05, 3.63) is 17.0 Å². The highest BCUT2D eigenvalue weighted by Crippen LogP contribution is 2.21. The molecule has 0 aliphatic rings. The molecule has 1 aromatic heterocycles. The third kappa shape index (κ3) is 5.06. The van der Waals surface area contributed by atoms with Crippen LogP contribution in [0.1, 0.15) is 12.8 Å². The van der Waals surface area contributed by atoms with Crippen LogP contribution in [0.5, 0.6) is 0 Å². The maximum Gasteiger partial charge on any atom is 0.389 e. The van der Waals surface area contributed by atoms with E-state index in [1.54, 1.807) is 0 Å². The Labute approximate surface area is 97.4 Å².